The minimum absolute atomic E-state index is 0.203. The van der Waals surface area contributed by atoms with Crippen LogP contribution in [0, 0.1) is 18.1 Å². The average Bonchev–Trinajstić information content (AvgIpc) is 2.46. The van der Waals surface area contributed by atoms with Crippen LogP contribution in [0.4, 0.5) is 8.78 Å². The first-order valence-electron chi connectivity index (χ1n) is 7.18. The van der Waals surface area contributed by atoms with Gasteiger partial charge in [0.05, 0.1) is 5.52 Å². The number of H-pyrrole nitrogens is 1. The minimum Gasteiger partial charge on any atom is -0.321 e. The molecule has 0 spiro atoms. The first-order chi connectivity index (χ1) is 10.1. The number of rotatable bonds is 3. The van der Waals surface area contributed by atoms with E-state index in [2.05, 4.69) is 16.3 Å². The highest BCUT2D eigenvalue weighted by atomic mass is 19.1. The molecule has 111 valence electrons. The van der Waals surface area contributed by atoms with Gasteiger partial charge >= 0.3 is 0 Å². The smallest absolute Gasteiger partial charge is 0.251 e. The fourth-order valence-corrected chi connectivity index (χ4v) is 2.77. The monoisotopic (exact) mass is 291 g/mol. The van der Waals surface area contributed by atoms with Crippen molar-refractivity contribution in [2.45, 2.75) is 19.3 Å². The number of fused-ring (bicyclic) bond motifs is 1. The lowest BCUT2D eigenvalue weighted by molar-refractivity contribution is 0.257. The molecule has 2 heterocycles. The molecule has 0 saturated carbocycles. The van der Waals surface area contributed by atoms with Gasteiger partial charge in [-0.25, -0.2) is 8.78 Å². The summed E-state index contributed by atoms with van der Waals surface area (Å²) in [6.45, 7) is 2.79. The maximum Gasteiger partial charge on any atom is 0.251 e. The van der Waals surface area contributed by atoms with Crippen LogP contribution in [0.5, 0.6) is 0 Å². The Morgan fingerprint density at radius 2 is 1.90 bits per heavy atom. The zero-order valence-corrected chi connectivity index (χ0v) is 11.7. The van der Waals surface area contributed by atoms with Crippen LogP contribution >= 0.6 is 0 Å². The summed E-state index contributed by atoms with van der Waals surface area (Å²) in [4.78, 5) is 16.9. The van der Waals surface area contributed by atoms with E-state index in [0.29, 0.717) is 12.0 Å². The highest BCUT2D eigenvalue weighted by molar-refractivity contribution is 5.79. The molecule has 3 nitrogen and oxygen atoms in total. The largest absolute Gasteiger partial charge is 0.321 e. The van der Waals surface area contributed by atoms with E-state index in [4.69, 9.17) is 0 Å². The third-order valence-electron chi connectivity index (χ3n) is 3.95. The number of halogens is 2. The molecule has 1 aromatic heterocycles. The first-order valence-corrected chi connectivity index (χ1v) is 7.18. The lowest BCUT2D eigenvalue weighted by Gasteiger charge is -2.26. The Bertz CT molecular complexity index is 705. The normalized spacial score (nSPS) is 16.5. The second-order valence-corrected chi connectivity index (χ2v) is 5.43. The minimum atomic E-state index is -0.687. The predicted molar refractivity (Wildman–Crippen MR) is 78.2 cm³/mol. The molecule has 1 aromatic carbocycles. The van der Waals surface area contributed by atoms with Crippen molar-refractivity contribution >= 4 is 10.9 Å². The number of nitrogens with one attached hydrogen (secondary N) is 1. The van der Waals surface area contributed by atoms with E-state index in [1.54, 1.807) is 6.07 Å². The summed E-state index contributed by atoms with van der Waals surface area (Å²) in [5, 5.41) is 0.262. The van der Waals surface area contributed by atoms with E-state index >= 15 is 0 Å². The Morgan fingerprint density at radius 1 is 1.14 bits per heavy atom. The van der Waals surface area contributed by atoms with Crippen LogP contribution in [0.15, 0.2) is 23.0 Å². The molecule has 0 unspecified atom stereocenters. The quantitative estimate of drug-likeness (QED) is 0.943. The molecule has 0 aliphatic carbocycles. The summed E-state index contributed by atoms with van der Waals surface area (Å²) >= 11 is 0. The van der Waals surface area contributed by atoms with Crippen LogP contribution in [0.25, 0.3) is 10.9 Å². The van der Waals surface area contributed by atoms with Gasteiger partial charge in [0.1, 0.15) is 11.6 Å². The maximum absolute atomic E-state index is 13.8. The van der Waals surface area contributed by atoms with E-state index in [9.17, 15) is 13.6 Å². The molecule has 0 bridgehead atoms. The van der Waals surface area contributed by atoms with Gasteiger partial charge in [0, 0.05) is 23.6 Å². The van der Waals surface area contributed by atoms with E-state index in [0.717, 1.165) is 44.6 Å². The molecule has 2 aromatic rings. The lowest BCUT2D eigenvalue weighted by atomic mass is 10.1. The second kappa shape index (κ2) is 5.93. The van der Waals surface area contributed by atoms with Gasteiger partial charge in [0.25, 0.3) is 5.56 Å². The van der Waals surface area contributed by atoms with Crippen LogP contribution in [0.3, 0.4) is 0 Å². The van der Waals surface area contributed by atoms with Crippen molar-refractivity contribution < 1.29 is 8.78 Å². The molecule has 0 atom stereocenters. The van der Waals surface area contributed by atoms with Crippen molar-refractivity contribution in [2.24, 2.45) is 0 Å². The second-order valence-electron chi connectivity index (χ2n) is 5.43. The van der Waals surface area contributed by atoms with E-state index in [-0.39, 0.29) is 16.5 Å². The van der Waals surface area contributed by atoms with Gasteiger partial charge in [-0.05, 0) is 50.9 Å². The first kappa shape index (κ1) is 14.2. The van der Waals surface area contributed by atoms with Crippen molar-refractivity contribution in [1.82, 2.24) is 9.88 Å². The molecule has 5 heteroatoms. The maximum atomic E-state index is 13.8. The Kier molecular flexibility index (Phi) is 4.01. The van der Waals surface area contributed by atoms with Crippen LogP contribution in [-0.4, -0.2) is 29.5 Å². The van der Waals surface area contributed by atoms with Crippen LogP contribution in [0.2, 0.25) is 0 Å². The molecular weight excluding hydrogens is 274 g/mol. The van der Waals surface area contributed by atoms with E-state index in [1.165, 1.54) is 0 Å². The molecule has 1 radical (unpaired) electrons. The van der Waals surface area contributed by atoms with Gasteiger partial charge in [-0.3, -0.25) is 4.79 Å². The van der Waals surface area contributed by atoms with Crippen LogP contribution in [-0.2, 0) is 6.42 Å². The Balaban J connectivity index is 1.85. The third-order valence-corrected chi connectivity index (χ3v) is 3.95. The van der Waals surface area contributed by atoms with Crippen molar-refractivity contribution in [1.29, 1.82) is 0 Å². The number of hydrogen-bond acceptors (Lipinski definition) is 2. The van der Waals surface area contributed by atoms with Gasteiger partial charge in [0.2, 0.25) is 0 Å². The Morgan fingerprint density at radius 3 is 2.67 bits per heavy atom. The Labute approximate surface area is 121 Å². The predicted octanol–water partition coefficient (Wildman–Crippen LogP) is 2.65. The summed E-state index contributed by atoms with van der Waals surface area (Å²) in [5.41, 5.74) is 0.479. The van der Waals surface area contributed by atoms with Crippen molar-refractivity contribution in [2.75, 3.05) is 19.6 Å². The highest BCUT2D eigenvalue weighted by Crippen LogP contribution is 2.18. The Hall–Kier alpha value is -1.75. The number of piperidine rings is 1. The molecule has 1 saturated heterocycles. The summed E-state index contributed by atoms with van der Waals surface area (Å²) in [5.74, 6) is -1.33. The fourth-order valence-electron chi connectivity index (χ4n) is 2.77. The van der Waals surface area contributed by atoms with Crippen LogP contribution < -0.4 is 5.56 Å². The number of nitrogens with zero attached hydrogens (tertiary/aromatic N) is 1. The molecule has 1 N–H and O–H groups in total. The summed E-state index contributed by atoms with van der Waals surface area (Å²) in [6.07, 6.45) is 4.98. The highest BCUT2D eigenvalue weighted by Gasteiger charge is 2.12. The molecule has 1 aliphatic rings. The lowest BCUT2D eigenvalue weighted by Crippen LogP contribution is -2.32. The number of aromatic nitrogens is 1. The zero-order valence-electron chi connectivity index (χ0n) is 11.7. The van der Waals surface area contributed by atoms with Crippen molar-refractivity contribution in [3.05, 3.63) is 52.2 Å². The topological polar surface area (TPSA) is 36.1 Å². The van der Waals surface area contributed by atoms with Gasteiger partial charge in [0.15, 0.2) is 0 Å². The van der Waals surface area contributed by atoms with Gasteiger partial charge in [-0.2, -0.15) is 0 Å². The van der Waals surface area contributed by atoms with E-state index in [1.807, 2.05) is 0 Å². The summed E-state index contributed by atoms with van der Waals surface area (Å²) < 4.78 is 26.9. The number of pyridine rings is 1. The summed E-state index contributed by atoms with van der Waals surface area (Å²) in [6, 6.07) is 3.52. The fraction of sp³-hybridized carbons (Fsp3) is 0.375. The van der Waals surface area contributed by atoms with Crippen molar-refractivity contribution in [3.63, 3.8) is 0 Å². The van der Waals surface area contributed by atoms with Gasteiger partial charge in [-0.15, -0.1) is 0 Å². The summed E-state index contributed by atoms with van der Waals surface area (Å²) in [7, 11) is 0. The molecule has 1 aliphatic heterocycles. The van der Waals surface area contributed by atoms with E-state index < -0.39 is 11.6 Å². The van der Waals surface area contributed by atoms with Gasteiger partial charge < -0.3 is 9.88 Å². The number of hydrogen-bond donors (Lipinski definition) is 1. The average molecular weight is 291 g/mol. The number of benzene rings is 1. The number of aromatic amines is 1. The number of likely N-dealkylation sites (tertiary alicyclic amines) is 1. The van der Waals surface area contributed by atoms with Gasteiger partial charge in [-0.1, -0.05) is 0 Å². The third kappa shape index (κ3) is 3.13. The molecule has 21 heavy (non-hydrogen) atoms. The standard InChI is InChI=1S/C16H17F2N2O/c17-12-9-14(18)13-8-11(16(21)19-15(13)10-12)4-7-20-5-2-1-3-6-20/h1,8-10H,2-7H2,(H,19,21). The van der Waals surface area contributed by atoms with Crippen molar-refractivity contribution in [3.8, 4) is 0 Å². The molecule has 3 rings (SSSR count). The van der Waals surface area contributed by atoms with Crippen LogP contribution in [0.1, 0.15) is 18.4 Å². The SMILES string of the molecule is O=c1[nH]c2cc(F)cc(F)c2cc1CCN1CC[CH]CC1. The molecule has 0 amide bonds. The molecule has 1 fully saturated rings. The zero-order chi connectivity index (χ0) is 14.8. The molecular formula is C16H17F2N2O.